The van der Waals surface area contributed by atoms with Gasteiger partial charge in [-0.3, -0.25) is 4.79 Å². The molecule has 3 aromatic rings. The molecule has 0 saturated heterocycles. The van der Waals surface area contributed by atoms with Crippen molar-refractivity contribution >= 4 is 22.5 Å². The Balaban J connectivity index is 1.71. The predicted octanol–water partition coefficient (Wildman–Crippen LogP) is 4.37. The molecule has 1 aromatic heterocycles. The third kappa shape index (κ3) is 4.11. The van der Waals surface area contributed by atoms with E-state index >= 15 is 0 Å². The van der Waals surface area contributed by atoms with Crippen LogP contribution in [0.3, 0.4) is 0 Å². The zero-order valence-corrected chi connectivity index (χ0v) is 15.2. The summed E-state index contributed by atoms with van der Waals surface area (Å²) in [4.78, 5) is 14.7. The molecule has 136 valence electrons. The number of nitrogens with zero attached hydrogens (tertiary/aromatic N) is 2. The Hall–Kier alpha value is -2.66. The largest absolute Gasteiger partial charge is 0.346 e. The monoisotopic (exact) mass is 353 g/mol. The molecule has 4 nitrogen and oxygen atoms in total. The van der Waals surface area contributed by atoms with Crippen LogP contribution < -0.4 is 5.32 Å². The van der Waals surface area contributed by atoms with Crippen LogP contribution in [0.1, 0.15) is 24.2 Å². The third-order valence-electron chi connectivity index (χ3n) is 4.69. The highest BCUT2D eigenvalue weighted by atomic mass is 19.1. The molecule has 0 spiro atoms. The predicted molar refractivity (Wildman–Crippen MR) is 104 cm³/mol. The van der Waals surface area contributed by atoms with Crippen molar-refractivity contribution in [3.63, 3.8) is 0 Å². The lowest BCUT2D eigenvalue weighted by molar-refractivity contribution is 0.102. The average Bonchev–Trinajstić information content (AvgIpc) is 3.05. The minimum Gasteiger partial charge on any atom is -0.346 e. The highest BCUT2D eigenvalue weighted by Crippen LogP contribution is 2.21. The number of fused-ring (bicyclic) bond motifs is 1. The summed E-state index contributed by atoms with van der Waals surface area (Å²) in [6, 6.07) is 13.5. The van der Waals surface area contributed by atoms with Crippen molar-refractivity contribution in [2.45, 2.75) is 20.4 Å². The molecule has 0 radical (unpaired) electrons. The van der Waals surface area contributed by atoms with Gasteiger partial charge in [-0.25, -0.2) is 4.39 Å². The summed E-state index contributed by atoms with van der Waals surface area (Å²) < 4.78 is 15.2. The Morgan fingerprint density at radius 1 is 1.08 bits per heavy atom. The summed E-state index contributed by atoms with van der Waals surface area (Å²) in [6.07, 6.45) is 2.08. The van der Waals surface area contributed by atoms with Crippen LogP contribution in [0.4, 0.5) is 10.1 Å². The van der Waals surface area contributed by atoms with Gasteiger partial charge in [-0.1, -0.05) is 13.8 Å². The Morgan fingerprint density at radius 3 is 2.50 bits per heavy atom. The summed E-state index contributed by atoms with van der Waals surface area (Å²) in [5.41, 5.74) is 2.31. The maximum Gasteiger partial charge on any atom is 0.255 e. The van der Waals surface area contributed by atoms with Gasteiger partial charge >= 0.3 is 0 Å². The Labute approximate surface area is 153 Å². The van der Waals surface area contributed by atoms with Crippen LogP contribution in [0.5, 0.6) is 0 Å². The van der Waals surface area contributed by atoms with Gasteiger partial charge in [0, 0.05) is 41.4 Å². The maximum atomic E-state index is 13.0. The van der Waals surface area contributed by atoms with E-state index in [9.17, 15) is 9.18 Å². The minimum absolute atomic E-state index is 0.245. The number of likely N-dealkylation sites (N-methyl/N-ethyl adjacent to an activating group) is 1. The number of hydrogen-bond acceptors (Lipinski definition) is 2. The Bertz CT molecular complexity index is 882. The fourth-order valence-corrected chi connectivity index (χ4v) is 3.07. The Kier molecular flexibility index (Phi) is 5.68. The number of halogens is 1. The first-order chi connectivity index (χ1) is 12.6. The molecule has 3 rings (SSSR count). The fraction of sp³-hybridized carbons (Fsp3) is 0.286. The zero-order valence-electron chi connectivity index (χ0n) is 15.2. The topological polar surface area (TPSA) is 37.3 Å². The number of hydrogen-bond donors (Lipinski definition) is 1. The highest BCUT2D eigenvalue weighted by molar-refractivity contribution is 6.05. The van der Waals surface area contributed by atoms with Gasteiger partial charge in [0.1, 0.15) is 5.82 Å². The van der Waals surface area contributed by atoms with Gasteiger partial charge in [-0.2, -0.15) is 0 Å². The molecular weight excluding hydrogens is 329 g/mol. The molecule has 0 saturated carbocycles. The van der Waals surface area contributed by atoms with Crippen LogP contribution in [-0.4, -0.2) is 35.0 Å². The van der Waals surface area contributed by atoms with E-state index in [-0.39, 0.29) is 11.7 Å². The fourth-order valence-electron chi connectivity index (χ4n) is 3.07. The first kappa shape index (κ1) is 18.1. The molecule has 0 fully saturated rings. The highest BCUT2D eigenvalue weighted by Gasteiger charge is 2.08. The van der Waals surface area contributed by atoms with Crippen molar-refractivity contribution in [1.82, 2.24) is 9.47 Å². The average molecular weight is 353 g/mol. The second-order valence-electron chi connectivity index (χ2n) is 6.27. The summed E-state index contributed by atoms with van der Waals surface area (Å²) >= 11 is 0. The van der Waals surface area contributed by atoms with Crippen molar-refractivity contribution in [2.24, 2.45) is 0 Å². The molecule has 1 heterocycles. The van der Waals surface area contributed by atoms with Crippen molar-refractivity contribution in [1.29, 1.82) is 0 Å². The molecule has 0 unspecified atom stereocenters. The summed E-state index contributed by atoms with van der Waals surface area (Å²) in [6.45, 7) is 8.40. The zero-order chi connectivity index (χ0) is 18.5. The van der Waals surface area contributed by atoms with E-state index in [0.717, 1.165) is 42.8 Å². The van der Waals surface area contributed by atoms with E-state index in [1.807, 2.05) is 18.2 Å². The molecule has 1 amide bonds. The molecular formula is C21H24FN3O. The SMILES string of the molecule is CCN(CC)CCn1ccc2cc(NC(=O)c3ccc(F)cc3)ccc21. The van der Waals surface area contributed by atoms with Gasteiger partial charge in [0.05, 0.1) is 0 Å². The lowest BCUT2D eigenvalue weighted by atomic mass is 10.2. The maximum absolute atomic E-state index is 13.0. The Morgan fingerprint density at radius 2 is 1.81 bits per heavy atom. The second-order valence-corrected chi connectivity index (χ2v) is 6.27. The number of rotatable bonds is 7. The quantitative estimate of drug-likeness (QED) is 0.685. The van der Waals surface area contributed by atoms with Crippen molar-refractivity contribution < 1.29 is 9.18 Å². The number of aromatic nitrogens is 1. The standard InChI is InChI=1S/C21H24FN3O/c1-3-24(4-2)13-14-25-12-11-17-15-19(9-10-20(17)25)23-21(26)16-5-7-18(22)8-6-16/h5-12,15H,3-4,13-14H2,1-2H3,(H,23,26). The van der Waals surface area contributed by atoms with Crippen molar-refractivity contribution in [3.8, 4) is 0 Å². The molecule has 0 aliphatic heterocycles. The van der Waals surface area contributed by atoms with E-state index in [0.29, 0.717) is 5.56 Å². The first-order valence-electron chi connectivity index (χ1n) is 8.99. The van der Waals surface area contributed by atoms with Crippen molar-refractivity contribution in [3.05, 3.63) is 66.1 Å². The van der Waals surface area contributed by atoms with Gasteiger partial charge in [-0.05, 0) is 61.6 Å². The number of anilines is 1. The third-order valence-corrected chi connectivity index (χ3v) is 4.69. The molecule has 1 N–H and O–H groups in total. The molecule has 2 aromatic carbocycles. The molecule has 5 heteroatoms. The van der Waals surface area contributed by atoms with Crippen LogP contribution in [0.2, 0.25) is 0 Å². The normalized spacial score (nSPS) is 11.2. The van der Waals surface area contributed by atoms with E-state index in [1.165, 1.54) is 24.3 Å². The van der Waals surface area contributed by atoms with E-state index in [2.05, 4.69) is 40.9 Å². The van der Waals surface area contributed by atoms with E-state index in [4.69, 9.17) is 0 Å². The number of carbonyl (C=O) groups excluding carboxylic acids is 1. The molecule has 0 atom stereocenters. The summed E-state index contributed by atoms with van der Waals surface area (Å²) in [7, 11) is 0. The van der Waals surface area contributed by atoms with E-state index < -0.39 is 0 Å². The van der Waals surface area contributed by atoms with Gasteiger partial charge < -0.3 is 14.8 Å². The molecule has 0 aliphatic rings. The number of benzene rings is 2. The smallest absolute Gasteiger partial charge is 0.255 e. The number of nitrogens with one attached hydrogen (secondary N) is 1. The van der Waals surface area contributed by atoms with Gasteiger partial charge in [0.25, 0.3) is 5.91 Å². The van der Waals surface area contributed by atoms with E-state index in [1.54, 1.807) is 0 Å². The molecule has 26 heavy (non-hydrogen) atoms. The van der Waals surface area contributed by atoms with Crippen LogP contribution in [0.15, 0.2) is 54.7 Å². The number of amides is 1. The minimum atomic E-state index is -0.353. The van der Waals surface area contributed by atoms with Gasteiger partial charge in [0.15, 0.2) is 0 Å². The first-order valence-corrected chi connectivity index (χ1v) is 8.99. The lowest BCUT2D eigenvalue weighted by Crippen LogP contribution is -2.26. The van der Waals surface area contributed by atoms with Crippen LogP contribution in [0.25, 0.3) is 10.9 Å². The number of carbonyl (C=O) groups is 1. The van der Waals surface area contributed by atoms with Crippen LogP contribution >= 0.6 is 0 Å². The molecule has 0 bridgehead atoms. The van der Waals surface area contributed by atoms with Crippen LogP contribution in [-0.2, 0) is 6.54 Å². The lowest BCUT2D eigenvalue weighted by Gasteiger charge is -2.18. The second kappa shape index (κ2) is 8.15. The summed E-state index contributed by atoms with van der Waals surface area (Å²) in [5, 5.41) is 3.95. The molecule has 0 aliphatic carbocycles. The van der Waals surface area contributed by atoms with Gasteiger partial charge in [0.2, 0.25) is 0 Å². The van der Waals surface area contributed by atoms with Gasteiger partial charge in [-0.15, -0.1) is 0 Å². The van der Waals surface area contributed by atoms with Crippen LogP contribution in [0, 0.1) is 5.82 Å². The summed E-state index contributed by atoms with van der Waals surface area (Å²) in [5.74, 6) is -0.598. The van der Waals surface area contributed by atoms with Crippen molar-refractivity contribution in [2.75, 3.05) is 25.0 Å².